The molecule has 0 atom stereocenters. The van der Waals surface area contributed by atoms with Crippen molar-refractivity contribution in [3.8, 4) is 0 Å². The monoisotopic (exact) mass is 264 g/mol. The van der Waals surface area contributed by atoms with Gasteiger partial charge in [0.05, 0.1) is 11.1 Å². The van der Waals surface area contributed by atoms with Crippen molar-refractivity contribution in [3.05, 3.63) is 34.2 Å². The summed E-state index contributed by atoms with van der Waals surface area (Å²) >= 11 is 6.41. The Bertz CT molecular complexity index is 558. The van der Waals surface area contributed by atoms with E-state index >= 15 is 0 Å². The molecule has 0 bridgehead atoms. The van der Waals surface area contributed by atoms with E-state index in [1.54, 1.807) is 6.21 Å². The number of nitrogens with zero attached hydrogens (tertiary/aromatic N) is 4. The quantitative estimate of drug-likeness (QED) is 0.468. The fraction of sp³-hybridized carbons (Fsp3) is 0.100. The van der Waals surface area contributed by atoms with E-state index in [-0.39, 0.29) is 10.8 Å². The first-order valence-corrected chi connectivity index (χ1v) is 5.95. The van der Waals surface area contributed by atoms with E-state index in [2.05, 4.69) is 21.9 Å². The SMILES string of the molecule is C=C1N=NC(=S)N(/N=C/c2sccc2C)C1=O. The normalized spacial score (nSPS) is 16.3. The lowest BCUT2D eigenvalue weighted by Gasteiger charge is -2.16. The zero-order chi connectivity index (χ0) is 12.4. The molecule has 0 saturated heterocycles. The topological polar surface area (TPSA) is 57.4 Å². The Labute approximate surface area is 107 Å². The minimum atomic E-state index is -0.449. The third-order valence-electron chi connectivity index (χ3n) is 2.07. The van der Waals surface area contributed by atoms with Gasteiger partial charge in [0.2, 0.25) is 5.11 Å². The molecule has 0 spiro atoms. The first kappa shape index (κ1) is 11.7. The fourth-order valence-electron chi connectivity index (χ4n) is 1.13. The first-order chi connectivity index (χ1) is 8.09. The second-order valence-corrected chi connectivity index (χ2v) is 4.57. The molecule has 0 unspecified atom stereocenters. The van der Waals surface area contributed by atoms with Gasteiger partial charge in [0.1, 0.15) is 5.70 Å². The Kier molecular flexibility index (Phi) is 3.21. The van der Waals surface area contributed by atoms with Crippen LogP contribution in [0.5, 0.6) is 0 Å². The molecule has 1 amide bonds. The second kappa shape index (κ2) is 4.64. The molecule has 0 radical (unpaired) electrons. The van der Waals surface area contributed by atoms with E-state index in [1.807, 2.05) is 18.4 Å². The highest BCUT2D eigenvalue weighted by atomic mass is 32.1. The number of rotatable bonds is 2. The zero-order valence-corrected chi connectivity index (χ0v) is 10.6. The number of carbonyl (C=O) groups is 1. The van der Waals surface area contributed by atoms with Gasteiger partial charge in [-0.25, -0.2) is 0 Å². The Morgan fingerprint density at radius 1 is 1.59 bits per heavy atom. The summed E-state index contributed by atoms with van der Waals surface area (Å²) in [5.41, 5.74) is 1.12. The number of thiocarbonyl (C=S) groups is 1. The third kappa shape index (κ3) is 2.34. The molecule has 86 valence electrons. The molecule has 0 fully saturated rings. The molecule has 2 rings (SSSR count). The maximum absolute atomic E-state index is 11.7. The molecule has 0 saturated carbocycles. The van der Waals surface area contributed by atoms with Gasteiger partial charge < -0.3 is 0 Å². The first-order valence-electron chi connectivity index (χ1n) is 4.66. The third-order valence-corrected chi connectivity index (χ3v) is 3.28. The van der Waals surface area contributed by atoms with Gasteiger partial charge >= 0.3 is 5.91 Å². The molecule has 1 aromatic heterocycles. The van der Waals surface area contributed by atoms with E-state index in [9.17, 15) is 4.79 Å². The number of hydrazone groups is 1. The van der Waals surface area contributed by atoms with Crippen LogP contribution in [0.2, 0.25) is 0 Å². The molecule has 1 aliphatic heterocycles. The van der Waals surface area contributed by atoms with Crippen LogP contribution in [0.4, 0.5) is 0 Å². The molecule has 2 heterocycles. The van der Waals surface area contributed by atoms with Crippen molar-refractivity contribution >= 4 is 40.8 Å². The molecule has 17 heavy (non-hydrogen) atoms. The van der Waals surface area contributed by atoms with E-state index in [0.717, 1.165) is 15.4 Å². The maximum atomic E-state index is 11.7. The lowest BCUT2D eigenvalue weighted by molar-refractivity contribution is -0.123. The number of hydrogen-bond acceptors (Lipinski definition) is 5. The Balaban J connectivity index is 2.24. The summed E-state index contributed by atoms with van der Waals surface area (Å²) in [6, 6.07) is 1.97. The summed E-state index contributed by atoms with van der Waals surface area (Å²) in [4.78, 5) is 12.6. The highest BCUT2D eigenvalue weighted by Gasteiger charge is 2.24. The Morgan fingerprint density at radius 2 is 2.35 bits per heavy atom. The maximum Gasteiger partial charge on any atom is 0.300 e. The van der Waals surface area contributed by atoms with Crippen LogP contribution in [0.1, 0.15) is 10.4 Å². The van der Waals surface area contributed by atoms with E-state index in [0.29, 0.717) is 0 Å². The summed E-state index contributed by atoms with van der Waals surface area (Å²) < 4.78 is 0. The second-order valence-electron chi connectivity index (χ2n) is 3.26. The average molecular weight is 264 g/mol. The lowest BCUT2D eigenvalue weighted by atomic mass is 10.3. The van der Waals surface area contributed by atoms with E-state index < -0.39 is 5.91 Å². The summed E-state index contributed by atoms with van der Waals surface area (Å²) in [7, 11) is 0. The van der Waals surface area contributed by atoms with E-state index in [4.69, 9.17) is 12.2 Å². The van der Waals surface area contributed by atoms with Gasteiger partial charge in [0, 0.05) is 0 Å². The summed E-state index contributed by atoms with van der Waals surface area (Å²) in [6.45, 7) is 5.43. The Hall–Kier alpha value is -1.73. The van der Waals surface area contributed by atoms with Crippen LogP contribution in [-0.2, 0) is 4.79 Å². The van der Waals surface area contributed by atoms with Crippen molar-refractivity contribution in [2.45, 2.75) is 6.92 Å². The predicted molar refractivity (Wildman–Crippen MR) is 70.1 cm³/mol. The van der Waals surface area contributed by atoms with Gasteiger partial charge in [-0.1, -0.05) is 6.58 Å². The van der Waals surface area contributed by atoms with Crippen LogP contribution in [0.15, 0.2) is 39.1 Å². The molecule has 1 aliphatic rings. The fourth-order valence-corrected chi connectivity index (χ4v) is 2.08. The molecule has 1 aromatic rings. The lowest BCUT2D eigenvalue weighted by Crippen LogP contribution is -2.33. The average Bonchev–Trinajstić information content (AvgIpc) is 2.70. The minimum absolute atomic E-state index is 0.0212. The molecule has 5 nitrogen and oxygen atoms in total. The van der Waals surface area contributed by atoms with Gasteiger partial charge in [-0.15, -0.1) is 21.6 Å². The number of hydrogen-bond donors (Lipinski definition) is 0. The smallest absolute Gasteiger partial charge is 0.265 e. The van der Waals surface area contributed by atoms with Crippen molar-refractivity contribution in [2.24, 2.45) is 15.3 Å². The number of azo groups is 1. The van der Waals surface area contributed by atoms with Crippen LogP contribution in [0.25, 0.3) is 0 Å². The Morgan fingerprint density at radius 3 is 3.00 bits per heavy atom. The van der Waals surface area contributed by atoms with E-state index in [1.165, 1.54) is 11.3 Å². The summed E-state index contributed by atoms with van der Waals surface area (Å²) in [6.07, 6.45) is 1.58. The van der Waals surface area contributed by atoms with Crippen molar-refractivity contribution in [1.82, 2.24) is 5.01 Å². The van der Waals surface area contributed by atoms with Crippen LogP contribution in [0.3, 0.4) is 0 Å². The van der Waals surface area contributed by atoms with Crippen LogP contribution < -0.4 is 0 Å². The molecule has 0 N–H and O–H groups in total. The van der Waals surface area contributed by atoms with Crippen LogP contribution in [0, 0.1) is 6.92 Å². The van der Waals surface area contributed by atoms with Crippen molar-refractivity contribution in [3.63, 3.8) is 0 Å². The minimum Gasteiger partial charge on any atom is -0.265 e. The number of carbonyl (C=O) groups excluding carboxylic acids is 1. The highest BCUT2D eigenvalue weighted by molar-refractivity contribution is 7.80. The van der Waals surface area contributed by atoms with Gasteiger partial charge in [0.15, 0.2) is 0 Å². The van der Waals surface area contributed by atoms with Crippen molar-refractivity contribution < 1.29 is 4.79 Å². The highest BCUT2D eigenvalue weighted by Crippen LogP contribution is 2.15. The van der Waals surface area contributed by atoms with Crippen LogP contribution in [-0.4, -0.2) is 22.2 Å². The number of thiophene rings is 1. The molecular weight excluding hydrogens is 256 g/mol. The number of aryl methyl sites for hydroxylation is 1. The molecule has 7 heteroatoms. The zero-order valence-electron chi connectivity index (χ0n) is 8.95. The van der Waals surface area contributed by atoms with Crippen molar-refractivity contribution in [1.29, 1.82) is 0 Å². The van der Waals surface area contributed by atoms with Crippen molar-refractivity contribution in [2.75, 3.05) is 0 Å². The molecule has 0 aliphatic carbocycles. The summed E-state index contributed by atoms with van der Waals surface area (Å²) in [5, 5.41) is 14.1. The van der Waals surface area contributed by atoms with Gasteiger partial charge in [0.25, 0.3) is 0 Å². The largest absolute Gasteiger partial charge is 0.300 e. The standard InChI is InChI=1S/C10H8N4OS2/c1-6-3-4-17-8(6)5-11-14-9(15)7(2)12-13-10(14)16/h3-5H,2H2,1H3/b11-5+. The number of amides is 1. The van der Waals surface area contributed by atoms with Gasteiger partial charge in [-0.05, 0) is 36.2 Å². The summed E-state index contributed by atoms with van der Waals surface area (Å²) in [5.74, 6) is -0.449. The molecule has 0 aromatic carbocycles. The van der Waals surface area contributed by atoms with Gasteiger partial charge in [-0.3, -0.25) is 4.79 Å². The molecular formula is C10H8N4OS2. The predicted octanol–water partition coefficient (Wildman–Crippen LogP) is 2.48. The van der Waals surface area contributed by atoms with Gasteiger partial charge in [-0.2, -0.15) is 10.1 Å². The van der Waals surface area contributed by atoms with Crippen LogP contribution >= 0.6 is 23.6 Å².